The van der Waals surface area contributed by atoms with E-state index in [-0.39, 0.29) is 5.82 Å². The molecule has 0 unspecified atom stereocenters. The molecule has 0 saturated heterocycles. The van der Waals surface area contributed by atoms with Gasteiger partial charge in [0.2, 0.25) is 0 Å². The zero-order valence-electron chi connectivity index (χ0n) is 13.9. The number of anilines is 4. The fourth-order valence-electron chi connectivity index (χ4n) is 2.40. The summed E-state index contributed by atoms with van der Waals surface area (Å²) >= 11 is 0. The summed E-state index contributed by atoms with van der Waals surface area (Å²) in [6.45, 7) is 5.89. The molecule has 0 atom stereocenters. The third-order valence-electron chi connectivity index (χ3n) is 3.63. The predicted molar refractivity (Wildman–Crippen MR) is 95.7 cm³/mol. The molecule has 122 valence electrons. The van der Waals surface area contributed by atoms with Crippen molar-refractivity contribution in [2.24, 2.45) is 0 Å². The van der Waals surface area contributed by atoms with E-state index < -0.39 is 0 Å². The number of hydrogen-bond donors (Lipinski definition) is 2. The highest BCUT2D eigenvalue weighted by Gasteiger charge is 2.07. The van der Waals surface area contributed by atoms with Gasteiger partial charge in [0, 0.05) is 11.8 Å². The molecule has 0 aliphatic carbocycles. The molecule has 0 radical (unpaired) electrons. The van der Waals surface area contributed by atoms with Gasteiger partial charge in [0.15, 0.2) is 0 Å². The zero-order valence-corrected chi connectivity index (χ0v) is 13.9. The molecule has 3 rings (SSSR count). The molecule has 1 heterocycles. The maximum atomic E-state index is 13.8. The average Bonchev–Trinajstić information content (AvgIpc) is 2.53. The van der Waals surface area contributed by atoms with Crippen LogP contribution in [0.2, 0.25) is 0 Å². The van der Waals surface area contributed by atoms with Gasteiger partial charge in [-0.25, -0.2) is 14.4 Å². The molecule has 0 fully saturated rings. The molecular weight excluding hydrogens is 303 g/mol. The van der Waals surface area contributed by atoms with Crippen molar-refractivity contribution in [1.82, 2.24) is 9.97 Å². The summed E-state index contributed by atoms with van der Waals surface area (Å²) in [6, 6.07) is 14.5. The largest absolute Gasteiger partial charge is 0.340 e. The summed E-state index contributed by atoms with van der Waals surface area (Å²) in [5, 5.41) is 6.31. The Bertz CT molecular complexity index is 877. The standard InChI is InChI=1S/C19H19FN4/c1-12-8-9-13(2)17(10-12)24-19-11-18(21-14(3)22-19)23-16-7-5-4-6-15(16)20/h4-11H,1-3H3,(H2,21,22,23,24). The van der Waals surface area contributed by atoms with Crippen LogP contribution in [0.25, 0.3) is 0 Å². The van der Waals surface area contributed by atoms with Crippen LogP contribution in [0.4, 0.5) is 27.4 Å². The van der Waals surface area contributed by atoms with Crippen molar-refractivity contribution >= 4 is 23.0 Å². The Kier molecular flexibility index (Phi) is 4.42. The van der Waals surface area contributed by atoms with Crippen LogP contribution < -0.4 is 10.6 Å². The maximum Gasteiger partial charge on any atom is 0.146 e. The van der Waals surface area contributed by atoms with Gasteiger partial charge in [-0.05, 0) is 50.1 Å². The summed E-state index contributed by atoms with van der Waals surface area (Å²) in [6.07, 6.45) is 0. The molecule has 2 N–H and O–H groups in total. The van der Waals surface area contributed by atoms with Crippen LogP contribution in [-0.2, 0) is 0 Å². The van der Waals surface area contributed by atoms with E-state index in [0.717, 1.165) is 11.3 Å². The van der Waals surface area contributed by atoms with E-state index in [9.17, 15) is 4.39 Å². The molecule has 0 aliphatic heterocycles. The number of para-hydroxylation sites is 1. The summed E-state index contributed by atoms with van der Waals surface area (Å²) < 4.78 is 13.8. The fraction of sp³-hybridized carbons (Fsp3) is 0.158. The lowest BCUT2D eigenvalue weighted by molar-refractivity contribution is 0.632. The van der Waals surface area contributed by atoms with Gasteiger partial charge in [-0.2, -0.15) is 0 Å². The topological polar surface area (TPSA) is 49.8 Å². The van der Waals surface area contributed by atoms with Crippen LogP contribution in [-0.4, -0.2) is 9.97 Å². The number of halogens is 1. The number of hydrogen-bond acceptors (Lipinski definition) is 4. The first-order valence-electron chi connectivity index (χ1n) is 7.73. The molecule has 24 heavy (non-hydrogen) atoms. The van der Waals surface area contributed by atoms with Gasteiger partial charge in [-0.3, -0.25) is 0 Å². The minimum absolute atomic E-state index is 0.321. The van der Waals surface area contributed by atoms with E-state index in [1.54, 1.807) is 31.2 Å². The van der Waals surface area contributed by atoms with Crippen LogP contribution in [0.15, 0.2) is 48.5 Å². The molecule has 0 bridgehead atoms. The molecule has 4 nitrogen and oxygen atoms in total. The first-order valence-corrected chi connectivity index (χ1v) is 7.73. The highest BCUT2D eigenvalue weighted by molar-refractivity contribution is 5.65. The second-order valence-corrected chi connectivity index (χ2v) is 5.73. The van der Waals surface area contributed by atoms with Gasteiger partial charge in [0.25, 0.3) is 0 Å². The summed E-state index contributed by atoms with van der Waals surface area (Å²) in [5.74, 6) is 1.48. The van der Waals surface area contributed by atoms with Crippen molar-refractivity contribution < 1.29 is 4.39 Å². The lowest BCUT2D eigenvalue weighted by Crippen LogP contribution is -2.03. The molecule has 2 aromatic carbocycles. The molecule has 1 aromatic heterocycles. The number of rotatable bonds is 4. The predicted octanol–water partition coefficient (Wildman–Crippen LogP) is 5.03. The Balaban J connectivity index is 1.89. The van der Waals surface area contributed by atoms with Gasteiger partial charge in [0.1, 0.15) is 23.3 Å². The average molecular weight is 322 g/mol. The minimum atomic E-state index is -0.321. The SMILES string of the molecule is Cc1ccc(C)c(Nc2cc(Nc3ccccc3F)nc(C)n2)c1. The van der Waals surface area contributed by atoms with Crippen molar-refractivity contribution in [3.8, 4) is 0 Å². The third kappa shape index (κ3) is 3.68. The van der Waals surface area contributed by atoms with E-state index >= 15 is 0 Å². The van der Waals surface area contributed by atoms with E-state index in [1.165, 1.54) is 11.6 Å². The van der Waals surface area contributed by atoms with Crippen LogP contribution in [0, 0.1) is 26.6 Å². The van der Waals surface area contributed by atoms with Crippen molar-refractivity contribution in [2.45, 2.75) is 20.8 Å². The van der Waals surface area contributed by atoms with E-state index in [0.29, 0.717) is 23.1 Å². The monoisotopic (exact) mass is 322 g/mol. The summed E-state index contributed by atoms with van der Waals surface area (Å²) in [7, 11) is 0. The van der Waals surface area contributed by atoms with Crippen LogP contribution in [0.1, 0.15) is 17.0 Å². The number of nitrogens with one attached hydrogen (secondary N) is 2. The third-order valence-corrected chi connectivity index (χ3v) is 3.63. The van der Waals surface area contributed by atoms with E-state index in [2.05, 4.69) is 38.8 Å². The normalized spacial score (nSPS) is 10.5. The van der Waals surface area contributed by atoms with Gasteiger partial charge < -0.3 is 10.6 Å². The highest BCUT2D eigenvalue weighted by Crippen LogP contribution is 2.24. The number of aromatic nitrogens is 2. The Hall–Kier alpha value is -2.95. The van der Waals surface area contributed by atoms with Gasteiger partial charge in [-0.15, -0.1) is 0 Å². The Morgan fingerprint density at radius 2 is 1.46 bits per heavy atom. The molecule has 0 aliphatic rings. The first kappa shape index (κ1) is 15.9. The van der Waals surface area contributed by atoms with Crippen LogP contribution in [0.5, 0.6) is 0 Å². The second kappa shape index (κ2) is 6.66. The maximum absolute atomic E-state index is 13.8. The van der Waals surface area contributed by atoms with E-state index in [1.807, 2.05) is 13.8 Å². The van der Waals surface area contributed by atoms with E-state index in [4.69, 9.17) is 0 Å². The summed E-state index contributed by atoms with van der Waals surface area (Å²) in [4.78, 5) is 8.73. The smallest absolute Gasteiger partial charge is 0.146 e. The van der Waals surface area contributed by atoms with Crippen molar-refractivity contribution in [1.29, 1.82) is 0 Å². The van der Waals surface area contributed by atoms with Crippen LogP contribution in [0.3, 0.4) is 0 Å². The second-order valence-electron chi connectivity index (χ2n) is 5.73. The molecular formula is C19H19FN4. The summed E-state index contributed by atoms with van der Waals surface area (Å²) in [5.41, 5.74) is 3.66. The number of nitrogens with zero attached hydrogens (tertiary/aromatic N) is 2. The minimum Gasteiger partial charge on any atom is -0.340 e. The molecule has 0 amide bonds. The van der Waals surface area contributed by atoms with Crippen molar-refractivity contribution in [2.75, 3.05) is 10.6 Å². The Morgan fingerprint density at radius 1 is 0.792 bits per heavy atom. The zero-order chi connectivity index (χ0) is 17.1. The Morgan fingerprint density at radius 3 is 2.17 bits per heavy atom. The van der Waals surface area contributed by atoms with Crippen molar-refractivity contribution in [3.63, 3.8) is 0 Å². The quantitative estimate of drug-likeness (QED) is 0.707. The highest BCUT2D eigenvalue weighted by atomic mass is 19.1. The van der Waals surface area contributed by atoms with Crippen molar-refractivity contribution in [3.05, 3.63) is 71.3 Å². The molecule has 3 aromatic rings. The van der Waals surface area contributed by atoms with Crippen LogP contribution >= 0.6 is 0 Å². The van der Waals surface area contributed by atoms with Gasteiger partial charge in [-0.1, -0.05) is 24.3 Å². The number of benzene rings is 2. The number of aryl methyl sites for hydroxylation is 3. The van der Waals surface area contributed by atoms with Gasteiger partial charge >= 0.3 is 0 Å². The lowest BCUT2D eigenvalue weighted by atomic mass is 10.1. The fourth-order valence-corrected chi connectivity index (χ4v) is 2.40. The lowest BCUT2D eigenvalue weighted by Gasteiger charge is -2.12. The molecule has 0 spiro atoms. The van der Waals surface area contributed by atoms with Gasteiger partial charge in [0.05, 0.1) is 5.69 Å². The Labute approximate surface area is 140 Å². The first-order chi connectivity index (χ1) is 11.5. The molecule has 5 heteroatoms. The molecule has 0 saturated carbocycles.